The molecular weight excluding hydrogens is 679 g/mol. The van der Waals surface area contributed by atoms with E-state index >= 15 is 0 Å². The predicted octanol–water partition coefficient (Wildman–Crippen LogP) is 14.4. The normalized spacial score (nSPS) is 13.0. The Morgan fingerprint density at radius 2 is 1.07 bits per heavy atom. The van der Waals surface area contributed by atoms with Gasteiger partial charge >= 0.3 is 0 Å². The third-order valence-corrected chi connectivity index (χ3v) is 11.9. The maximum Gasteiger partial charge on any atom is 0.0541 e. The van der Waals surface area contributed by atoms with Crippen molar-refractivity contribution in [3.8, 4) is 39.2 Å². The van der Waals surface area contributed by atoms with E-state index < -0.39 is 0 Å². The molecule has 3 nitrogen and oxygen atoms in total. The summed E-state index contributed by atoms with van der Waals surface area (Å²) in [6, 6.07) is 70.9. The van der Waals surface area contributed by atoms with E-state index in [1.165, 1.54) is 66.3 Å². The highest BCUT2D eigenvalue weighted by molar-refractivity contribution is 6.10. The number of aromatic nitrogens is 2. The Morgan fingerprint density at radius 1 is 0.446 bits per heavy atom. The Hall–Kier alpha value is -7.10. The van der Waals surface area contributed by atoms with Crippen LogP contribution in [-0.2, 0) is 5.41 Å². The van der Waals surface area contributed by atoms with Gasteiger partial charge in [-0.3, -0.25) is 0 Å². The number of nitrogens with zero attached hydrogens (tertiary/aromatic N) is 2. The first-order valence-corrected chi connectivity index (χ1v) is 19.4. The van der Waals surface area contributed by atoms with E-state index in [0.717, 1.165) is 33.8 Å². The Labute approximate surface area is 326 Å². The summed E-state index contributed by atoms with van der Waals surface area (Å²) in [5, 5.41) is 3.73. The number of anilines is 3. The summed E-state index contributed by atoms with van der Waals surface area (Å²) >= 11 is 0. The number of benzene rings is 8. The van der Waals surface area contributed by atoms with Gasteiger partial charge in [-0.2, -0.15) is 0 Å². The minimum atomic E-state index is -0.0980. The van der Waals surface area contributed by atoms with Gasteiger partial charge in [0.15, 0.2) is 0 Å². The van der Waals surface area contributed by atoms with Crippen LogP contribution in [0.5, 0.6) is 0 Å². The molecule has 11 rings (SSSR count). The first kappa shape index (κ1) is 32.3. The molecule has 10 aromatic rings. The second-order valence-electron chi connectivity index (χ2n) is 15.5. The summed E-state index contributed by atoms with van der Waals surface area (Å²) in [6.45, 7) is 4.70. The van der Waals surface area contributed by atoms with E-state index in [-0.39, 0.29) is 5.41 Å². The Bertz CT molecular complexity index is 3060. The van der Waals surface area contributed by atoms with E-state index in [9.17, 15) is 0 Å². The summed E-state index contributed by atoms with van der Waals surface area (Å²) in [5.41, 5.74) is 18.1. The maximum absolute atomic E-state index is 3.61. The number of aromatic amines is 1. The summed E-state index contributed by atoms with van der Waals surface area (Å²) in [4.78, 5) is 6.00. The number of fused-ring (bicyclic) bond motifs is 7. The average Bonchev–Trinajstić information content (AvgIpc) is 3.90. The molecule has 8 aromatic carbocycles. The molecule has 266 valence electrons. The van der Waals surface area contributed by atoms with Crippen LogP contribution in [0.2, 0.25) is 0 Å². The number of rotatable bonds is 6. The van der Waals surface area contributed by atoms with E-state index in [0.29, 0.717) is 0 Å². The van der Waals surface area contributed by atoms with Crippen molar-refractivity contribution in [2.45, 2.75) is 19.3 Å². The van der Waals surface area contributed by atoms with Crippen molar-refractivity contribution in [1.29, 1.82) is 0 Å². The Kier molecular flexibility index (Phi) is 7.20. The van der Waals surface area contributed by atoms with Crippen LogP contribution in [0.3, 0.4) is 0 Å². The molecule has 0 saturated heterocycles. The van der Waals surface area contributed by atoms with Gasteiger partial charge in [0.05, 0.1) is 11.0 Å². The van der Waals surface area contributed by atoms with Crippen LogP contribution < -0.4 is 4.90 Å². The highest BCUT2D eigenvalue weighted by atomic mass is 15.1. The molecule has 0 aliphatic heterocycles. The molecule has 2 aromatic heterocycles. The minimum absolute atomic E-state index is 0.0980. The smallest absolute Gasteiger partial charge is 0.0541 e. The average molecular weight is 718 g/mol. The third-order valence-electron chi connectivity index (χ3n) is 11.9. The van der Waals surface area contributed by atoms with Crippen molar-refractivity contribution in [3.05, 3.63) is 205 Å². The lowest BCUT2D eigenvalue weighted by Crippen LogP contribution is -2.16. The molecule has 1 aliphatic rings. The summed E-state index contributed by atoms with van der Waals surface area (Å²) in [7, 11) is 0. The zero-order valence-corrected chi connectivity index (χ0v) is 31.4. The van der Waals surface area contributed by atoms with Gasteiger partial charge in [-0.15, -0.1) is 0 Å². The van der Waals surface area contributed by atoms with Gasteiger partial charge in [-0.05, 0) is 118 Å². The van der Waals surface area contributed by atoms with Gasteiger partial charge in [-0.1, -0.05) is 129 Å². The Morgan fingerprint density at radius 3 is 1.88 bits per heavy atom. The molecule has 0 bridgehead atoms. The largest absolute Gasteiger partial charge is 0.355 e. The highest BCUT2D eigenvalue weighted by Gasteiger charge is 2.35. The van der Waals surface area contributed by atoms with Gasteiger partial charge in [0.1, 0.15) is 0 Å². The third kappa shape index (κ3) is 5.05. The molecule has 0 unspecified atom stereocenters. The van der Waals surface area contributed by atoms with Crippen LogP contribution in [0.1, 0.15) is 25.0 Å². The molecule has 1 aliphatic carbocycles. The summed E-state index contributed by atoms with van der Waals surface area (Å²) in [6.07, 6.45) is 0. The quantitative estimate of drug-likeness (QED) is 0.182. The monoisotopic (exact) mass is 717 g/mol. The number of nitrogens with one attached hydrogen (secondary N) is 1. The van der Waals surface area contributed by atoms with E-state index in [4.69, 9.17) is 0 Å². The van der Waals surface area contributed by atoms with E-state index in [1.54, 1.807) is 0 Å². The van der Waals surface area contributed by atoms with Gasteiger partial charge in [-0.25, -0.2) is 0 Å². The molecule has 0 amide bonds. The lowest BCUT2D eigenvalue weighted by Gasteiger charge is -2.28. The summed E-state index contributed by atoms with van der Waals surface area (Å²) in [5.74, 6) is 0. The molecule has 0 fully saturated rings. The topological polar surface area (TPSA) is 24.0 Å². The molecule has 1 N–H and O–H groups in total. The molecular formula is C53H39N3. The standard InChI is InChI=1S/C53H39N3/c1-53(2)47-17-9-7-15-43(47)44-30-29-42(34-48(44)53)55(41-27-22-36(23-28-41)50-33-38-12-6-10-18-49(38)54-50)40-25-20-35(21-26-40)37-24-31-52-46(32-37)45-16-8-11-19-51(45)56(52)39-13-4-3-5-14-39/h3-34,54H,1-2H3. The van der Waals surface area contributed by atoms with E-state index in [2.05, 4.69) is 222 Å². The predicted molar refractivity (Wildman–Crippen MR) is 236 cm³/mol. The zero-order valence-electron chi connectivity index (χ0n) is 31.4. The van der Waals surface area contributed by atoms with Crippen LogP contribution in [0.25, 0.3) is 71.9 Å². The molecule has 0 spiro atoms. The molecule has 2 heterocycles. The highest BCUT2D eigenvalue weighted by Crippen LogP contribution is 2.50. The number of para-hydroxylation sites is 3. The first-order valence-electron chi connectivity index (χ1n) is 19.4. The van der Waals surface area contributed by atoms with Gasteiger partial charge in [0.2, 0.25) is 0 Å². The summed E-state index contributed by atoms with van der Waals surface area (Å²) < 4.78 is 2.37. The molecule has 0 radical (unpaired) electrons. The molecule has 0 atom stereocenters. The van der Waals surface area contributed by atoms with Crippen LogP contribution in [-0.4, -0.2) is 9.55 Å². The Balaban J connectivity index is 1.01. The molecule has 0 saturated carbocycles. The lowest BCUT2D eigenvalue weighted by atomic mass is 9.82. The van der Waals surface area contributed by atoms with Crippen molar-refractivity contribution in [3.63, 3.8) is 0 Å². The number of hydrogen-bond acceptors (Lipinski definition) is 1. The zero-order chi connectivity index (χ0) is 37.4. The maximum atomic E-state index is 3.61. The fraction of sp³-hybridized carbons (Fsp3) is 0.0566. The number of hydrogen-bond donors (Lipinski definition) is 1. The van der Waals surface area contributed by atoms with E-state index in [1.807, 2.05) is 0 Å². The fourth-order valence-corrected chi connectivity index (χ4v) is 9.11. The molecule has 3 heteroatoms. The second kappa shape index (κ2) is 12.5. The van der Waals surface area contributed by atoms with Crippen LogP contribution in [0.4, 0.5) is 17.1 Å². The fourth-order valence-electron chi connectivity index (χ4n) is 9.11. The SMILES string of the molecule is CC1(C)c2ccccc2-c2ccc(N(c3ccc(-c4ccc5c(c4)c4ccccc4n5-c4ccccc4)cc3)c3ccc(-c4cc5ccccc5[nH]4)cc3)cc21. The van der Waals surface area contributed by atoms with Crippen molar-refractivity contribution in [2.24, 2.45) is 0 Å². The molecule has 56 heavy (non-hydrogen) atoms. The van der Waals surface area contributed by atoms with Crippen molar-refractivity contribution in [1.82, 2.24) is 9.55 Å². The first-order chi connectivity index (χ1) is 27.5. The van der Waals surface area contributed by atoms with Gasteiger partial charge < -0.3 is 14.5 Å². The van der Waals surface area contributed by atoms with Crippen LogP contribution >= 0.6 is 0 Å². The lowest BCUT2D eigenvalue weighted by molar-refractivity contribution is 0.660. The van der Waals surface area contributed by atoms with Crippen LogP contribution in [0, 0.1) is 0 Å². The van der Waals surface area contributed by atoms with Crippen molar-refractivity contribution in [2.75, 3.05) is 4.90 Å². The minimum Gasteiger partial charge on any atom is -0.355 e. The van der Waals surface area contributed by atoms with Gasteiger partial charge in [0, 0.05) is 55.5 Å². The second-order valence-corrected chi connectivity index (χ2v) is 15.5. The van der Waals surface area contributed by atoms with Crippen LogP contribution in [0.15, 0.2) is 194 Å². The van der Waals surface area contributed by atoms with Crippen molar-refractivity contribution < 1.29 is 0 Å². The van der Waals surface area contributed by atoms with Gasteiger partial charge in [0.25, 0.3) is 0 Å². The number of H-pyrrole nitrogens is 1. The van der Waals surface area contributed by atoms with Crippen molar-refractivity contribution >= 4 is 49.8 Å².